The highest BCUT2D eigenvalue weighted by molar-refractivity contribution is 5.93. The van der Waals surface area contributed by atoms with E-state index in [2.05, 4.69) is 24.0 Å². The Morgan fingerprint density at radius 3 is 2.75 bits per heavy atom. The summed E-state index contributed by atoms with van der Waals surface area (Å²) in [4.78, 5) is 14.5. The van der Waals surface area contributed by atoms with Crippen LogP contribution in [-0.4, -0.2) is 40.2 Å². The predicted octanol–water partition coefficient (Wildman–Crippen LogP) is 3.01. The first-order valence-corrected chi connectivity index (χ1v) is 8.13. The number of H-pyrrole nitrogens is 1. The summed E-state index contributed by atoms with van der Waals surface area (Å²) in [7, 11) is 1.60. The van der Waals surface area contributed by atoms with Gasteiger partial charge in [0.1, 0.15) is 6.61 Å². The van der Waals surface area contributed by atoms with E-state index in [-0.39, 0.29) is 11.4 Å². The highest BCUT2D eigenvalue weighted by Crippen LogP contribution is 2.30. The van der Waals surface area contributed by atoms with Crippen LogP contribution in [0.5, 0.6) is 11.5 Å². The van der Waals surface area contributed by atoms with Crippen molar-refractivity contribution in [2.24, 2.45) is 0 Å². The van der Waals surface area contributed by atoms with Gasteiger partial charge in [0.2, 0.25) is 0 Å². The summed E-state index contributed by atoms with van der Waals surface area (Å²) in [6.07, 6.45) is 2.06. The second-order valence-corrected chi connectivity index (χ2v) is 6.59. The number of aromatic nitrogens is 2. The van der Waals surface area contributed by atoms with Gasteiger partial charge in [-0.3, -0.25) is 9.89 Å². The third kappa shape index (κ3) is 3.22. The molecule has 6 heteroatoms. The van der Waals surface area contributed by atoms with Gasteiger partial charge in [0, 0.05) is 12.1 Å². The molecule has 1 aromatic carbocycles. The van der Waals surface area contributed by atoms with Crippen molar-refractivity contribution in [2.75, 3.05) is 13.7 Å². The number of rotatable bonds is 5. The number of hydrogen-bond donors (Lipinski definition) is 1. The maximum absolute atomic E-state index is 12.6. The van der Waals surface area contributed by atoms with E-state index in [0.29, 0.717) is 23.8 Å². The molecule has 1 N–H and O–H groups in total. The quantitative estimate of drug-likeness (QED) is 0.915. The lowest BCUT2D eigenvalue weighted by atomic mass is 10.0. The SMILES string of the molecule is COc1ccccc1OCc1cc(C(=O)N2CCCC2(C)C)n[nH]1. The minimum absolute atomic E-state index is 0.0303. The first kappa shape index (κ1) is 16.4. The molecule has 2 aromatic rings. The number of para-hydroxylation sites is 2. The van der Waals surface area contributed by atoms with Crippen LogP contribution < -0.4 is 9.47 Å². The van der Waals surface area contributed by atoms with Gasteiger partial charge in [0.15, 0.2) is 17.2 Å². The molecule has 1 fully saturated rings. The second kappa shape index (κ2) is 6.55. The Kier molecular flexibility index (Phi) is 4.46. The second-order valence-electron chi connectivity index (χ2n) is 6.59. The number of amides is 1. The largest absolute Gasteiger partial charge is 0.493 e. The minimum Gasteiger partial charge on any atom is -0.493 e. The first-order chi connectivity index (χ1) is 11.5. The molecule has 6 nitrogen and oxygen atoms in total. The van der Waals surface area contributed by atoms with Gasteiger partial charge in [-0.25, -0.2) is 0 Å². The van der Waals surface area contributed by atoms with Crippen molar-refractivity contribution < 1.29 is 14.3 Å². The van der Waals surface area contributed by atoms with Gasteiger partial charge < -0.3 is 14.4 Å². The van der Waals surface area contributed by atoms with Gasteiger partial charge in [0.25, 0.3) is 5.91 Å². The van der Waals surface area contributed by atoms with E-state index in [4.69, 9.17) is 9.47 Å². The number of carbonyl (C=O) groups excluding carboxylic acids is 1. The molecule has 0 aliphatic carbocycles. The Morgan fingerprint density at radius 1 is 1.33 bits per heavy atom. The molecule has 0 atom stereocenters. The molecule has 1 aromatic heterocycles. The average Bonchev–Trinajstić information content (AvgIpc) is 3.18. The summed E-state index contributed by atoms with van der Waals surface area (Å²) < 4.78 is 11.0. The molecule has 0 saturated carbocycles. The van der Waals surface area contributed by atoms with E-state index in [0.717, 1.165) is 25.1 Å². The molecule has 24 heavy (non-hydrogen) atoms. The Labute approximate surface area is 141 Å². The number of methoxy groups -OCH3 is 1. The van der Waals surface area contributed by atoms with Crippen LogP contribution in [0.15, 0.2) is 30.3 Å². The summed E-state index contributed by atoms with van der Waals surface area (Å²) in [5.74, 6) is 1.30. The zero-order chi connectivity index (χ0) is 17.2. The molecular formula is C18H23N3O3. The van der Waals surface area contributed by atoms with Crippen LogP contribution in [-0.2, 0) is 6.61 Å². The fourth-order valence-corrected chi connectivity index (χ4v) is 3.06. The standard InChI is InChI=1S/C18H23N3O3/c1-18(2)9-6-10-21(18)17(22)14-11-13(19-20-14)12-24-16-8-5-4-7-15(16)23-3/h4-5,7-8,11H,6,9-10,12H2,1-3H3,(H,19,20). The summed E-state index contributed by atoms with van der Waals surface area (Å²) in [5.41, 5.74) is 1.08. The molecule has 1 aliphatic heterocycles. The molecule has 128 valence electrons. The van der Waals surface area contributed by atoms with Crippen molar-refractivity contribution in [2.45, 2.75) is 38.8 Å². The van der Waals surface area contributed by atoms with Gasteiger partial charge in [-0.05, 0) is 44.9 Å². The van der Waals surface area contributed by atoms with Crippen LogP contribution >= 0.6 is 0 Å². The zero-order valence-corrected chi connectivity index (χ0v) is 14.3. The summed E-state index contributed by atoms with van der Waals surface area (Å²) in [6.45, 7) is 5.27. The number of hydrogen-bond acceptors (Lipinski definition) is 4. The summed E-state index contributed by atoms with van der Waals surface area (Å²) in [5, 5.41) is 7.04. The Morgan fingerprint density at radius 2 is 2.08 bits per heavy atom. The van der Waals surface area contributed by atoms with E-state index in [1.54, 1.807) is 13.2 Å². The maximum atomic E-state index is 12.6. The average molecular weight is 329 g/mol. The van der Waals surface area contributed by atoms with Crippen LogP contribution in [0.4, 0.5) is 0 Å². The molecule has 2 heterocycles. The fraction of sp³-hybridized carbons (Fsp3) is 0.444. The molecular weight excluding hydrogens is 306 g/mol. The van der Waals surface area contributed by atoms with E-state index in [1.807, 2.05) is 29.2 Å². The number of nitrogens with one attached hydrogen (secondary N) is 1. The van der Waals surface area contributed by atoms with Gasteiger partial charge in [-0.2, -0.15) is 5.10 Å². The lowest BCUT2D eigenvalue weighted by Crippen LogP contribution is -2.42. The number of likely N-dealkylation sites (tertiary alicyclic amines) is 1. The highest BCUT2D eigenvalue weighted by Gasteiger charge is 2.36. The van der Waals surface area contributed by atoms with Gasteiger partial charge >= 0.3 is 0 Å². The van der Waals surface area contributed by atoms with Gasteiger partial charge in [0.05, 0.1) is 12.8 Å². The van der Waals surface area contributed by atoms with Crippen LogP contribution in [0.1, 0.15) is 42.9 Å². The lowest BCUT2D eigenvalue weighted by Gasteiger charge is -2.30. The van der Waals surface area contributed by atoms with Crippen molar-refractivity contribution in [1.29, 1.82) is 0 Å². The van der Waals surface area contributed by atoms with Crippen molar-refractivity contribution in [3.05, 3.63) is 41.7 Å². The fourth-order valence-electron chi connectivity index (χ4n) is 3.06. The molecule has 1 amide bonds. The van der Waals surface area contributed by atoms with Crippen molar-refractivity contribution >= 4 is 5.91 Å². The molecule has 1 aliphatic rings. The first-order valence-electron chi connectivity index (χ1n) is 8.13. The topological polar surface area (TPSA) is 67.5 Å². The normalized spacial score (nSPS) is 16.2. The predicted molar refractivity (Wildman–Crippen MR) is 90.3 cm³/mol. The monoisotopic (exact) mass is 329 g/mol. The van der Waals surface area contributed by atoms with Gasteiger partial charge in [-0.1, -0.05) is 12.1 Å². The molecule has 3 rings (SSSR count). The number of benzene rings is 1. The van der Waals surface area contributed by atoms with Crippen LogP contribution in [0.2, 0.25) is 0 Å². The number of nitrogens with zero attached hydrogens (tertiary/aromatic N) is 2. The highest BCUT2D eigenvalue weighted by atomic mass is 16.5. The Balaban J connectivity index is 1.66. The Hall–Kier alpha value is -2.50. The smallest absolute Gasteiger partial charge is 0.274 e. The van der Waals surface area contributed by atoms with Crippen LogP contribution in [0.3, 0.4) is 0 Å². The third-order valence-electron chi connectivity index (χ3n) is 4.45. The van der Waals surface area contributed by atoms with Crippen LogP contribution in [0, 0.1) is 0 Å². The van der Waals surface area contributed by atoms with E-state index >= 15 is 0 Å². The van der Waals surface area contributed by atoms with E-state index < -0.39 is 0 Å². The molecule has 1 saturated heterocycles. The van der Waals surface area contributed by atoms with Crippen LogP contribution in [0.25, 0.3) is 0 Å². The zero-order valence-electron chi connectivity index (χ0n) is 14.3. The van der Waals surface area contributed by atoms with Crippen molar-refractivity contribution in [3.8, 4) is 11.5 Å². The number of aromatic amines is 1. The Bertz CT molecular complexity index is 724. The van der Waals surface area contributed by atoms with E-state index in [9.17, 15) is 4.79 Å². The van der Waals surface area contributed by atoms with Crippen molar-refractivity contribution in [3.63, 3.8) is 0 Å². The number of carbonyl (C=O) groups is 1. The van der Waals surface area contributed by atoms with E-state index in [1.165, 1.54) is 0 Å². The molecule has 0 bridgehead atoms. The maximum Gasteiger partial charge on any atom is 0.274 e. The molecule has 0 radical (unpaired) electrons. The number of ether oxygens (including phenoxy) is 2. The minimum atomic E-state index is -0.107. The lowest BCUT2D eigenvalue weighted by molar-refractivity contribution is 0.0646. The molecule has 0 unspecified atom stereocenters. The third-order valence-corrected chi connectivity index (χ3v) is 4.45. The van der Waals surface area contributed by atoms with Gasteiger partial charge in [-0.15, -0.1) is 0 Å². The summed E-state index contributed by atoms with van der Waals surface area (Å²) >= 11 is 0. The summed E-state index contributed by atoms with van der Waals surface area (Å²) in [6, 6.07) is 9.21. The molecule has 0 spiro atoms. The van der Waals surface area contributed by atoms with Crippen molar-refractivity contribution in [1.82, 2.24) is 15.1 Å².